The van der Waals surface area contributed by atoms with E-state index in [9.17, 15) is 9.59 Å². The van der Waals surface area contributed by atoms with Crippen LogP contribution in [0.4, 0.5) is 5.69 Å². The van der Waals surface area contributed by atoms with Crippen molar-refractivity contribution in [1.82, 2.24) is 4.57 Å². The summed E-state index contributed by atoms with van der Waals surface area (Å²) in [6.45, 7) is 3.67. The molecule has 0 aliphatic rings. The number of benzene rings is 1. The average Bonchev–Trinajstić information content (AvgIpc) is 2.50. The Morgan fingerprint density at radius 3 is 2.64 bits per heavy atom. The van der Waals surface area contributed by atoms with Crippen molar-refractivity contribution in [2.24, 2.45) is 7.05 Å². The number of aryl methyl sites for hydroxylation is 2. The van der Waals surface area contributed by atoms with Crippen LogP contribution in [0.5, 0.6) is 0 Å². The highest BCUT2D eigenvalue weighted by atomic mass is 16.5. The molecule has 1 aromatic heterocycles. The van der Waals surface area contributed by atoms with Crippen molar-refractivity contribution >= 4 is 22.6 Å². The van der Waals surface area contributed by atoms with E-state index in [1.165, 1.54) is 7.11 Å². The van der Waals surface area contributed by atoms with Gasteiger partial charge in [0.25, 0.3) is 5.56 Å². The highest BCUT2D eigenvalue weighted by Gasteiger charge is 2.02. The molecule has 1 aromatic carbocycles. The largest absolute Gasteiger partial charge is 0.469 e. The summed E-state index contributed by atoms with van der Waals surface area (Å²) < 4.78 is 6.01. The first-order valence-corrected chi connectivity index (χ1v) is 6.94. The number of rotatable bonds is 2. The molecule has 0 atom stereocenters. The third kappa shape index (κ3) is 4.48. The highest BCUT2D eigenvalue weighted by Crippen LogP contribution is 2.15. The number of fused-ring (bicyclic) bond motifs is 1. The lowest BCUT2D eigenvalue weighted by Gasteiger charge is -2.06. The Bertz CT molecular complexity index is 745. The molecule has 118 valence electrons. The fourth-order valence-corrected chi connectivity index (χ4v) is 1.96. The number of methoxy groups -OCH3 is 1. The Hall–Kier alpha value is -2.56. The van der Waals surface area contributed by atoms with E-state index < -0.39 is 0 Å². The minimum Gasteiger partial charge on any atom is -0.469 e. The van der Waals surface area contributed by atoms with E-state index in [0.29, 0.717) is 6.42 Å². The van der Waals surface area contributed by atoms with Crippen molar-refractivity contribution < 1.29 is 9.53 Å². The molecule has 5 nitrogen and oxygen atoms in total. The number of esters is 1. The minimum atomic E-state index is -0.192. The third-order valence-corrected chi connectivity index (χ3v) is 3.17. The maximum Gasteiger partial charge on any atom is 0.309 e. The van der Waals surface area contributed by atoms with E-state index in [1.807, 2.05) is 38.1 Å². The molecular weight excluding hydrogens is 280 g/mol. The Labute approximate surface area is 130 Å². The molecule has 0 amide bonds. The van der Waals surface area contributed by atoms with Gasteiger partial charge in [-0.25, -0.2) is 0 Å². The number of hydrogen-bond donors (Lipinski definition) is 1. The molecule has 0 radical (unpaired) electrons. The van der Waals surface area contributed by atoms with Crippen molar-refractivity contribution in [2.45, 2.75) is 20.3 Å². The molecule has 22 heavy (non-hydrogen) atoms. The molecule has 0 saturated carbocycles. The van der Waals surface area contributed by atoms with Gasteiger partial charge in [0, 0.05) is 23.7 Å². The molecule has 1 heterocycles. The van der Waals surface area contributed by atoms with Crippen LogP contribution in [0.2, 0.25) is 0 Å². The zero-order valence-electron chi connectivity index (χ0n) is 13.4. The normalized spacial score (nSPS) is 10.4. The van der Waals surface area contributed by atoms with Crippen LogP contribution >= 0.6 is 0 Å². The standard InChI is InChI=1S/C11H12N2O.C6H10O2/c1-7-5-8-6-9(12)3-4-10(8)13(2)11(7)14;1-3-4-5-6(7)8-2/h3-6H,12H2,1-2H3;3-4H,5H2,1-2H3/b;4-3+. The van der Waals surface area contributed by atoms with Gasteiger partial charge in [0.1, 0.15) is 0 Å². The first-order chi connectivity index (χ1) is 10.4. The molecule has 2 N–H and O–H groups in total. The highest BCUT2D eigenvalue weighted by molar-refractivity contribution is 5.82. The monoisotopic (exact) mass is 302 g/mol. The van der Waals surface area contributed by atoms with Crippen molar-refractivity contribution in [3.05, 3.63) is 52.3 Å². The first-order valence-electron chi connectivity index (χ1n) is 6.94. The summed E-state index contributed by atoms with van der Waals surface area (Å²) in [5.41, 5.74) is 8.09. The summed E-state index contributed by atoms with van der Waals surface area (Å²) in [5.74, 6) is -0.192. The number of anilines is 1. The van der Waals surface area contributed by atoms with Gasteiger partial charge in [-0.05, 0) is 38.1 Å². The predicted octanol–water partition coefficient (Wildman–Crippen LogP) is 2.55. The number of nitrogen functional groups attached to an aromatic ring is 1. The fourth-order valence-electron chi connectivity index (χ4n) is 1.96. The van der Waals surface area contributed by atoms with Gasteiger partial charge in [0.05, 0.1) is 19.0 Å². The Balaban J connectivity index is 0.000000261. The van der Waals surface area contributed by atoms with E-state index in [0.717, 1.165) is 22.2 Å². The Morgan fingerprint density at radius 1 is 1.36 bits per heavy atom. The van der Waals surface area contributed by atoms with Crippen LogP contribution in [0.3, 0.4) is 0 Å². The van der Waals surface area contributed by atoms with Gasteiger partial charge >= 0.3 is 5.97 Å². The molecule has 0 fully saturated rings. The van der Waals surface area contributed by atoms with Gasteiger partial charge in [0.2, 0.25) is 0 Å². The number of ether oxygens (including phenoxy) is 1. The molecule has 0 unspecified atom stereocenters. The third-order valence-electron chi connectivity index (χ3n) is 3.17. The van der Waals surface area contributed by atoms with Crippen LogP contribution in [-0.2, 0) is 16.6 Å². The molecule has 5 heteroatoms. The number of nitrogens with zero attached hydrogens (tertiary/aromatic N) is 1. The molecule has 0 aliphatic carbocycles. The molecule has 2 aromatic rings. The molecule has 0 bridgehead atoms. The lowest BCUT2D eigenvalue weighted by molar-refractivity contribution is -0.139. The van der Waals surface area contributed by atoms with Crippen molar-refractivity contribution in [3.8, 4) is 0 Å². The van der Waals surface area contributed by atoms with Gasteiger partial charge < -0.3 is 15.0 Å². The maximum atomic E-state index is 11.6. The second-order valence-electron chi connectivity index (χ2n) is 4.86. The molecule has 2 rings (SSSR count). The van der Waals surface area contributed by atoms with E-state index in [-0.39, 0.29) is 11.5 Å². The SMILES string of the molecule is C/C=C/CC(=O)OC.Cc1cc2cc(N)ccc2n(C)c1=O. The summed E-state index contributed by atoms with van der Waals surface area (Å²) in [4.78, 5) is 21.9. The number of aromatic nitrogens is 1. The summed E-state index contributed by atoms with van der Waals surface area (Å²) in [6.07, 6.45) is 3.95. The van der Waals surface area contributed by atoms with Crippen molar-refractivity contribution in [3.63, 3.8) is 0 Å². The van der Waals surface area contributed by atoms with Gasteiger partial charge in [0.15, 0.2) is 0 Å². The number of nitrogens with two attached hydrogens (primary N) is 1. The van der Waals surface area contributed by atoms with Crippen molar-refractivity contribution in [1.29, 1.82) is 0 Å². The predicted molar refractivity (Wildman–Crippen MR) is 89.8 cm³/mol. The molecule has 0 aliphatic heterocycles. The Morgan fingerprint density at radius 2 is 2.05 bits per heavy atom. The lowest BCUT2D eigenvalue weighted by atomic mass is 10.1. The quantitative estimate of drug-likeness (QED) is 0.525. The summed E-state index contributed by atoms with van der Waals surface area (Å²) >= 11 is 0. The van der Waals surface area contributed by atoms with Crippen LogP contribution in [0.15, 0.2) is 41.2 Å². The van der Waals surface area contributed by atoms with E-state index >= 15 is 0 Å². The average molecular weight is 302 g/mol. The van der Waals surface area contributed by atoms with Gasteiger partial charge in [-0.3, -0.25) is 9.59 Å². The zero-order chi connectivity index (χ0) is 16.7. The number of allylic oxidation sites excluding steroid dienone is 1. The summed E-state index contributed by atoms with van der Waals surface area (Å²) in [7, 11) is 3.15. The minimum absolute atomic E-state index is 0.0438. The van der Waals surface area contributed by atoms with Gasteiger partial charge in [-0.2, -0.15) is 0 Å². The zero-order valence-corrected chi connectivity index (χ0v) is 13.4. The summed E-state index contributed by atoms with van der Waals surface area (Å²) in [6, 6.07) is 7.42. The maximum absolute atomic E-state index is 11.6. The first kappa shape index (κ1) is 17.5. The van der Waals surface area contributed by atoms with E-state index in [1.54, 1.807) is 23.8 Å². The lowest BCUT2D eigenvalue weighted by Crippen LogP contribution is -2.19. The van der Waals surface area contributed by atoms with Crippen LogP contribution in [0.1, 0.15) is 18.9 Å². The van der Waals surface area contributed by atoms with Crippen LogP contribution in [-0.4, -0.2) is 17.6 Å². The number of carbonyl (C=O) groups excluding carboxylic acids is 1. The molecule has 0 spiro atoms. The number of carbonyl (C=O) groups is 1. The second kappa shape index (κ2) is 8.02. The van der Waals surface area contributed by atoms with Crippen LogP contribution in [0, 0.1) is 6.92 Å². The van der Waals surface area contributed by atoms with E-state index in [2.05, 4.69) is 4.74 Å². The fraction of sp³-hybridized carbons (Fsp3) is 0.294. The number of hydrogen-bond acceptors (Lipinski definition) is 4. The molecular formula is C17H22N2O3. The number of pyridine rings is 1. The van der Waals surface area contributed by atoms with Crippen LogP contribution in [0.25, 0.3) is 10.9 Å². The van der Waals surface area contributed by atoms with Crippen molar-refractivity contribution in [2.75, 3.05) is 12.8 Å². The second-order valence-corrected chi connectivity index (χ2v) is 4.86. The van der Waals surface area contributed by atoms with E-state index in [4.69, 9.17) is 5.73 Å². The smallest absolute Gasteiger partial charge is 0.309 e. The van der Waals surface area contributed by atoms with Gasteiger partial charge in [-0.15, -0.1) is 0 Å². The molecule has 0 saturated heterocycles. The van der Waals surface area contributed by atoms with Crippen LogP contribution < -0.4 is 11.3 Å². The Kier molecular flexibility index (Phi) is 6.38. The summed E-state index contributed by atoms with van der Waals surface area (Å²) in [5, 5.41) is 1.00. The topological polar surface area (TPSA) is 74.3 Å². The van der Waals surface area contributed by atoms with Gasteiger partial charge in [-0.1, -0.05) is 12.2 Å².